The van der Waals surface area contributed by atoms with Crippen molar-refractivity contribution in [2.45, 2.75) is 6.42 Å². The molecule has 3 nitrogen and oxygen atoms in total. The molecule has 1 fully saturated rings. The second kappa shape index (κ2) is 3.11. The number of ketones is 1. The lowest BCUT2D eigenvalue weighted by atomic mass is 10.1. The Morgan fingerprint density at radius 2 is 2.18 bits per heavy atom. The van der Waals surface area contributed by atoms with Crippen molar-refractivity contribution in [3.63, 3.8) is 0 Å². The lowest BCUT2D eigenvalue weighted by Gasteiger charge is -2.00. The molecule has 0 bridgehead atoms. The van der Waals surface area contributed by atoms with Gasteiger partial charge in [-0.25, -0.2) is 8.42 Å². The van der Waals surface area contributed by atoms with Gasteiger partial charge in [0.15, 0.2) is 15.6 Å². The van der Waals surface area contributed by atoms with E-state index in [1.807, 2.05) is 0 Å². The summed E-state index contributed by atoms with van der Waals surface area (Å²) >= 11 is 5.28. The smallest absolute Gasteiger partial charge is 0.151 e. The van der Waals surface area contributed by atoms with Crippen molar-refractivity contribution in [1.82, 2.24) is 0 Å². The first-order valence-corrected chi connectivity index (χ1v) is 5.70. The molecule has 0 N–H and O–H groups in total. The monoisotopic (exact) mass is 196 g/mol. The zero-order valence-corrected chi connectivity index (χ0v) is 7.49. The summed E-state index contributed by atoms with van der Waals surface area (Å²) in [4.78, 5) is 10.9. The number of hydrogen-bond donors (Lipinski definition) is 0. The number of rotatable bonds is 2. The molecule has 0 amide bonds. The second-order valence-corrected chi connectivity index (χ2v) is 5.20. The standard InChI is InChI=1S/C6H9ClO3S/c7-3-6(8)5-1-2-11(9,10)4-5/h5H,1-4H2. The van der Waals surface area contributed by atoms with Crippen molar-refractivity contribution in [1.29, 1.82) is 0 Å². The fourth-order valence-electron chi connectivity index (χ4n) is 1.16. The SMILES string of the molecule is O=C(CCl)C1CCS(=O)(=O)C1. The van der Waals surface area contributed by atoms with Gasteiger partial charge in [-0.2, -0.15) is 0 Å². The molecule has 0 aromatic heterocycles. The summed E-state index contributed by atoms with van der Waals surface area (Å²) in [6.45, 7) is 0. The highest BCUT2D eigenvalue weighted by Crippen LogP contribution is 2.19. The predicted molar refractivity (Wildman–Crippen MR) is 42.5 cm³/mol. The van der Waals surface area contributed by atoms with Gasteiger partial charge >= 0.3 is 0 Å². The Balaban J connectivity index is 2.62. The molecule has 5 heteroatoms. The largest absolute Gasteiger partial charge is 0.298 e. The van der Waals surface area contributed by atoms with Crippen molar-refractivity contribution in [2.75, 3.05) is 17.4 Å². The van der Waals surface area contributed by atoms with Gasteiger partial charge in [-0.15, -0.1) is 11.6 Å². The van der Waals surface area contributed by atoms with Crippen LogP contribution in [0.3, 0.4) is 0 Å². The van der Waals surface area contributed by atoms with Gasteiger partial charge in [0.1, 0.15) is 0 Å². The Bertz CT molecular complexity index is 257. The fourth-order valence-corrected chi connectivity index (χ4v) is 3.15. The van der Waals surface area contributed by atoms with Crippen LogP contribution in [0.15, 0.2) is 0 Å². The molecule has 0 aliphatic carbocycles. The van der Waals surface area contributed by atoms with Crippen LogP contribution in [0.4, 0.5) is 0 Å². The molecule has 1 aliphatic rings. The van der Waals surface area contributed by atoms with Crippen molar-refractivity contribution in [3.05, 3.63) is 0 Å². The molecule has 1 rings (SSSR count). The van der Waals surface area contributed by atoms with Crippen molar-refractivity contribution in [3.8, 4) is 0 Å². The minimum atomic E-state index is -2.93. The van der Waals surface area contributed by atoms with E-state index in [2.05, 4.69) is 0 Å². The van der Waals surface area contributed by atoms with Crippen molar-refractivity contribution in [2.24, 2.45) is 5.92 Å². The first kappa shape index (κ1) is 9.00. The van der Waals surface area contributed by atoms with Gasteiger partial charge in [0.25, 0.3) is 0 Å². The fraction of sp³-hybridized carbons (Fsp3) is 0.833. The highest BCUT2D eigenvalue weighted by atomic mass is 35.5. The van der Waals surface area contributed by atoms with Crippen molar-refractivity contribution >= 4 is 27.2 Å². The van der Waals surface area contributed by atoms with E-state index in [1.54, 1.807) is 0 Å². The molecule has 11 heavy (non-hydrogen) atoms. The third kappa shape index (κ3) is 2.17. The molecular weight excluding hydrogens is 188 g/mol. The summed E-state index contributed by atoms with van der Waals surface area (Å²) in [5.41, 5.74) is 0. The van der Waals surface area contributed by atoms with Crippen molar-refractivity contribution < 1.29 is 13.2 Å². The summed E-state index contributed by atoms with van der Waals surface area (Å²) in [5.74, 6) is -0.413. The maximum atomic E-state index is 10.9. The summed E-state index contributed by atoms with van der Waals surface area (Å²) in [5, 5.41) is 0. The molecule has 1 heterocycles. The summed E-state index contributed by atoms with van der Waals surface area (Å²) < 4.78 is 21.7. The molecule has 1 aliphatic heterocycles. The van der Waals surface area contributed by atoms with Gasteiger partial charge in [-0.1, -0.05) is 0 Å². The van der Waals surface area contributed by atoms with E-state index in [0.717, 1.165) is 0 Å². The van der Waals surface area contributed by atoms with Crippen LogP contribution in [-0.2, 0) is 14.6 Å². The Kier molecular flexibility index (Phi) is 2.54. The van der Waals surface area contributed by atoms with E-state index in [0.29, 0.717) is 6.42 Å². The molecular formula is C6H9ClO3S. The van der Waals surface area contributed by atoms with Gasteiger partial charge in [0.05, 0.1) is 17.4 Å². The zero-order chi connectivity index (χ0) is 8.48. The summed E-state index contributed by atoms with van der Waals surface area (Å²) in [6, 6.07) is 0. The van der Waals surface area contributed by atoms with E-state index in [-0.39, 0.29) is 29.1 Å². The van der Waals surface area contributed by atoms with Gasteiger partial charge in [-0.05, 0) is 6.42 Å². The Hall–Kier alpha value is -0.0900. The Morgan fingerprint density at radius 1 is 1.55 bits per heavy atom. The van der Waals surface area contributed by atoms with Crippen LogP contribution in [0.5, 0.6) is 0 Å². The molecule has 0 saturated carbocycles. The van der Waals surface area contributed by atoms with Gasteiger partial charge < -0.3 is 0 Å². The quantitative estimate of drug-likeness (QED) is 0.595. The first-order valence-electron chi connectivity index (χ1n) is 3.34. The maximum absolute atomic E-state index is 10.9. The van der Waals surface area contributed by atoms with Gasteiger partial charge in [0, 0.05) is 5.92 Å². The molecule has 1 unspecified atom stereocenters. The molecule has 0 aromatic rings. The first-order chi connectivity index (χ1) is 5.05. The van der Waals surface area contributed by atoms with Crippen LogP contribution in [0.2, 0.25) is 0 Å². The van der Waals surface area contributed by atoms with Gasteiger partial charge in [0.2, 0.25) is 0 Å². The van der Waals surface area contributed by atoms with Crippen LogP contribution < -0.4 is 0 Å². The third-order valence-corrected chi connectivity index (χ3v) is 3.85. The summed E-state index contributed by atoms with van der Waals surface area (Å²) in [7, 11) is -2.93. The Morgan fingerprint density at radius 3 is 2.55 bits per heavy atom. The molecule has 0 aromatic carbocycles. The Labute approximate surface area is 70.6 Å². The molecule has 0 spiro atoms. The number of halogens is 1. The summed E-state index contributed by atoms with van der Waals surface area (Å²) in [6.07, 6.45) is 0.452. The minimum absolute atomic E-state index is 0.00144. The number of Topliss-reactive ketones (excluding diaryl/α,β-unsaturated/α-hetero) is 1. The van der Waals surface area contributed by atoms with E-state index >= 15 is 0 Å². The number of alkyl halides is 1. The predicted octanol–water partition coefficient (Wildman–Crippen LogP) is 0.229. The average molecular weight is 197 g/mol. The molecule has 64 valence electrons. The van der Waals surface area contributed by atoms with Crippen LogP contribution >= 0.6 is 11.6 Å². The number of carbonyl (C=O) groups excluding carboxylic acids is 1. The van der Waals surface area contributed by atoms with E-state index in [1.165, 1.54) is 0 Å². The highest BCUT2D eigenvalue weighted by molar-refractivity contribution is 7.91. The van der Waals surface area contributed by atoms with Crippen LogP contribution in [0, 0.1) is 5.92 Å². The zero-order valence-electron chi connectivity index (χ0n) is 5.92. The number of hydrogen-bond acceptors (Lipinski definition) is 3. The molecule has 0 radical (unpaired) electrons. The third-order valence-electron chi connectivity index (χ3n) is 1.82. The molecule has 1 saturated heterocycles. The maximum Gasteiger partial charge on any atom is 0.151 e. The van der Waals surface area contributed by atoms with E-state index in [9.17, 15) is 13.2 Å². The van der Waals surface area contributed by atoms with E-state index < -0.39 is 9.84 Å². The van der Waals surface area contributed by atoms with E-state index in [4.69, 9.17) is 11.6 Å². The van der Waals surface area contributed by atoms with Crippen LogP contribution in [-0.4, -0.2) is 31.6 Å². The topological polar surface area (TPSA) is 51.2 Å². The lowest BCUT2D eigenvalue weighted by Crippen LogP contribution is -2.16. The number of carbonyl (C=O) groups is 1. The second-order valence-electron chi connectivity index (χ2n) is 2.70. The normalized spacial score (nSPS) is 28.6. The molecule has 1 atom stereocenters. The average Bonchev–Trinajstić information content (AvgIpc) is 2.29. The lowest BCUT2D eigenvalue weighted by molar-refractivity contribution is -0.119. The van der Waals surface area contributed by atoms with Gasteiger partial charge in [-0.3, -0.25) is 4.79 Å². The van der Waals surface area contributed by atoms with Crippen LogP contribution in [0.25, 0.3) is 0 Å². The highest BCUT2D eigenvalue weighted by Gasteiger charge is 2.31. The van der Waals surface area contributed by atoms with Crippen LogP contribution in [0.1, 0.15) is 6.42 Å². The number of sulfone groups is 1. The minimum Gasteiger partial charge on any atom is -0.298 e.